The van der Waals surface area contributed by atoms with Crippen molar-refractivity contribution in [3.63, 3.8) is 0 Å². The van der Waals surface area contributed by atoms with Gasteiger partial charge in [-0.3, -0.25) is 14.7 Å². The molecule has 1 amide bonds. The lowest BCUT2D eigenvalue weighted by atomic mass is 10.1. The highest BCUT2D eigenvalue weighted by atomic mass is 32.2. The highest BCUT2D eigenvalue weighted by Gasteiger charge is 2.33. The Morgan fingerprint density at radius 1 is 1.20 bits per heavy atom. The van der Waals surface area contributed by atoms with Crippen LogP contribution in [0.4, 0.5) is 0 Å². The van der Waals surface area contributed by atoms with Crippen LogP contribution >= 0.6 is 11.3 Å². The molecule has 0 spiro atoms. The lowest BCUT2D eigenvalue weighted by Gasteiger charge is -2.23. The summed E-state index contributed by atoms with van der Waals surface area (Å²) in [4.78, 5) is 25.2. The summed E-state index contributed by atoms with van der Waals surface area (Å²) in [6.07, 6.45) is 2.21. The van der Waals surface area contributed by atoms with Crippen LogP contribution in [0.1, 0.15) is 57.9 Å². The predicted octanol–water partition coefficient (Wildman–Crippen LogP) is 3.26. The number of thiazole rings is 1. The van der Waals surface area contributed by atoms with Gasteiger partial charge in [0.2, 0.25) is 0 Å². The van der Waals surface area contributed by atoms with Gasteiger partial charge in [-0.15, -0.1) is 11.3 Å². The third kappa shape index (κ3) is 4.68. The molecular formula is C23H24N6O4S2. The van der Waals surface area contributed by atoms with Crippen LogP contribution in [0, 0.1) is 0 Å². The van der Waals surface area contributed by atoms with Gasteiger partial charge in [0.15, 0.2) is 14.8 Å². The number of fused-ring (bicyclic) bond motifs is 2. The van der Waals surface area contributed by atoms with Crippen molar-refractivity contribution in [1.29, 1.82) is 0 Å². The highest BCUT2D eigenvalue weighted by molar-refractivity contribution is 7.91. The molecule has 0 saturated carbocycles. The molecule has 1 aliphatic heterocycles. The fourth-order valence-corrected chi connectivity index (χ4v) is 6.07. The molecule has 35 heavy (non-hydrogen) atoms. The largest absolute Gasteiger partial charge is 0.344 e. The molecule has 4 aromatic rings. The van der Waals surface area contributed by atoms with E-state index in [0.717, 1.165) is 46.7 Å². The van der Waals surface area contributed by atoms with Gasteiger partial charge in [-0.2, -0.15) is 0 Å². The first kappa shape index (κ1) is 23.5. The van der Waals surface area contributed by atoms with Crippen molar-refractivity contribution in [2.24, 2.45) is 0 Å². The van der Waals surface area contributed by atoms with Crippen LogP contribution in [0.3, 0.4) is 0 Å². The lowest BCUT2D eigenvalue weighted by Crippen LogP contribution is -2.25. The SMILES string of the molecule is CC[C@H]1c2nc(C(=O)NCc3ccc(S(=O)(=O)CC)cn3)sc2CN1Cc1ccc2nonc2c1. The Balaban J connectivity index is 1.23. The van der Waals surface area contributed by atoms with Crippen molar-refractivity contribution in [2.75, 3.05) is 5.75 Å². The Morgan fingerprint density at radius 3 is 2.77 bits per heavy atom. The van der Waals surface area contributed by atoms with E-state index in [1.165, 1.54) is 23.6 Å². The second-order valence-corrected chi connectivity index (χ2v) is 11.7. The number of hydrogen-bond donors (Lipinski definition) is 1. The van der Waals surface area contributed by atoms with Gasteiger partial charge in [-0.05, 0) is 46.6 Å². The van der Waals surface area contributed by atoms with Gasteiger partial charge in [0.1, 0.15) is 11.0 Å². The molecule has 1 N–H and O–H groups in total. The summed E-state index contributed by atoms with van der Waals surface area (Å²) < 4.78 is 28.6. The van der Waals surface area contributed by atoms with Crippen molar-refractivity contribution in [3.8, 4) is 0 Å². The molecule has 0 bridgehead atoms. The average Bonchev–Trinajstić information content (AvgIpc) is 3.57. The Bertz CT molecular complexity index is 1480. The van der Waals surface area contributed by atoms with Crippen molar-refractivity contribution >= 4 is 38.1 Å². The minimum atomic E-state index is -3.30. The van der Waals surface area contributed by atoms with Gasteiger partial charge in [0.25, 0.3) is 5.91 Å². The summed E-state index contributed by atoms with van der Waals surface area (Å²) >= 11 is 1.41. The van der Waals surface area contributed by atoms with E-state index in [-0.39, 0.29) is 29.1 Å². The zero-order chi connectivity index (χ0) is 24.6. The summed E-state index contributed by atoms with van der Waals surface area (Å²) in [6, 6.07) is 9.17. The molecule has 1 aliphatic rings. The summed E-state index contributed by atoms with van der Waals surface area (Å²) in [5.41, 5.74) is 4.12. The van der Waals surface area contributed by atoms with Crippen LogP contribution < -0.4 is 5.32 Å². The van der Waals surface area contributed by atoms with Crippen molar-refractivity contribution in [1.82, 2.24) is 30.5 Å². The number of nitrogens with zero attached hydrogens (tertiary/aromatic N) is 5. The van der Waals surface area contributed by atoms with Crippen LogP contribution in [0.2, 0.25) is 0 Å². The maximum atomic E-state index is 12.7. The fourth-order valence-electron chi connectivity index (χ4n) is 4.19. The number of pyridine rings is 1. The third-order valence-electron chi connectivity index (χ3n) is 6.08. The second-order valence-electron chi connectivity index (χ2n) is 8.32. The summed E-state index contributed by atoms with van der Waals surface area (Å²) in [7, 11) is -3.30. The zero-order valence-electron chi connectivity index (χ0n) is 19.3. The Kier molecular flexibility index (Phi) is 6.34. The molecular weight excluding hydrogens is 488 g/mol. The molecule has 0 fully saturated rings. The molecule has 5 rings (SSSR count). The summed E-state index contributed by atoms with van der Waals surface area (Å²) in [5, 5.41) is 11.0. The fraction of sp³-hybridized carbons (Fsp3) is 0.348. The van der Waals surface area contributed by atoms with Gasteiger partial charge >= 0.3 is 0 Å². The number of hydrogen-bond acceptors (Lipinski definition) is 10. The Labute approximate surface area is 206 Å². The van der Waals surface area contributed by atoms with E-state index >= 15 is 0 Å². The van der Waals surface area contributed by atoms with E-state index in [4.69, 9.17) is 4.63 Å². The van der Waals surface area contributed by atoms with Crippen molar-refractivity contribution < 1.29 is 17.8 Å². The molecule has 1 aromatic carbocycles. The highest BCUT2D eigenvalue weighted by Crippen LogP contribution is 2.39. The maximum Gasteiger partial charge on any atom is 0.280 e. The monoisotopic (exact) mass is 512 g/mol. The van der Waals surface area contributed by atoms with E-state index in [1.54, 1.807) is 13.0 Å². The van der Waals surface area contributed by atoms with Crippen LogP contribution in [-0.2, 0) is 29.5 Å². The van der Waals surface area contributed by atoms with Gasteiger partial charge < -0.3 is 5.32 Å². The van der Waals surface area contributed by atoms with E-state index in [9.17, 15) is 13.2 Å². The first-order valence-electron chi connectivity index (χ1n) is 11.3. The first-order valence-corrected chi connectivity index (χ1v) is 13.8. The molecule has 12 heteroatoms. The number of carbonyl (C=O) groups excluding carboxylic acids is 1. The average molecular weight is 513 g/mol. The van der Waals surface area contributed by atoms with Gasteiger partial charge in [0, 0.05) is 24.2 Å². The molecule has 0 aliphatic carbocycles. The predicted molar refractivity (Wildman–Crippen MR) is 129 cm³/mol. The topological polar surface area (TPSA) is 131 Å². The second kappa shape index (κ2) is 9.44. The number of nitrogens with one attached hydrogen (secondary N) is 1. The van der Waals surface area contributed by atoms with E-state index < -0.39 is 9.84 Å². The molecule has 3 aromatic heterocycles. The molecule has 0 saturated heterocycles. The quantitative estimate of drug-likeness (QED) is 0.378. The van der Waals surface area contributed by atoms with E-state index in [1.807, 2.05) is 18.2 Å². The van der Waals surface area contributed by atoms with Crippen LogP contribution in [-0.4, -0.2) is 45.3 Å². The van der Waals surface area contributed by atoms with Gasteiger partial charge in [0.05, 0.1) is 34.6 Å². The van der Waals surface area contributed by atoms with E-state index in [2.05, 4.69) is 37.4 Å². The van der Waals surface area contributed by atoms with Crippen LogP contribution in [0.15, 0.2) is 46.1 Å². The molecule has 10 nitrogen and oxygen atoms in total. The minimum Gasteiger partial charge on any atom is -0.344 e. The number of amides is 1. The summed E-state index contributed by atoms with van der Waals surface area (Å²) in [6.45, 7) is 5.36. The lowest BCUT2D eigenvalue weighted by molar-refractivity contribution is 0.0949. The molecule has 0 unspecified atom stereocenters. The number of carbonyl (C=O) groups is 1. The molecule has 182 valence electrons. The normalized spacial score (nSPS) is 16.0. The van der Waals surface area contributed by atoms with Crippen LogP contribution in [0.25, 0.3) is 11.0 Å². The smallest absolute Gasteiger partial charge is 0.280 e. The van der Waals surface area contributed by atoms with Crippen LogP contribution in [0.5, 0.6) is 0 Å². The van der Waals surface area contributed by atoms with Gasteiger partial charge in [-0.25, -0.2) is 18.0 Å². The van der Waals surface area contributed by atoms with Crippen molar-refractivity contribution in [2.45, 2.75) is 50.8 Å². The number of aromatic nitrogens is 4. The molecule has 1 atom stereocenters. The number of rotatable bonds is 8. The molecule has 0 radical (unpaired) electrons. The van der Waals surface area contributed by atoms with Crippen molar-refractivity contribution in [3.05, 3.63) is 63.4 Å². The standard InChI is InChI=1S/C23H24N6O4S2/c1-3-19-21-20(13-29(19)12-14-5-8-17-18(9-14)28-33-27-17)34-23(26-21)22(30)25-10-15-6-7-16(11-24-15)35(31,32)4-2/h5-9,11,19H,3-4,10,12-13H2,1-2H3,(H,25,30)/t19-/m0/s1. The van der Waals surface area contributed by atoms with E-state index in [0.29, 0.717) is 10.7 Å². The molecule has 4 heterocycles. The third-order valence-corrected chi connectivity index (χ3v) is 8.86. The number of benzene rings is 1. The summed E-state index contributed by atoms with van der Waals surface area (Å²) in [5.74, 6) is -0.244. The maximum absolute atomic E-state index is 12.7. The van der Waals surface area contributed by atoms with Gasteiger partial charge in [-0.1, -0.05) is 19.9 Å². The minimum absolute atomic E-state index is 0.0178. The Hall–Kier alpha value is -3.22. The zero-order valence-corrected chi connectivity index (χ0v) is 20.9. The number of sulfone groups is 1. The Morgan fingerprint density at radius 2 is 2.03 bits per heavy atom. The first-order chi connectivity index (χ1) is 16.9.